The molecule has 4 nitrogen and oxygen atoms in total. The number of piperidine rings is 1. The monoisotopic (exact) mass is 260 g/mol. The summed E-state index contributed by atoms with van der Waals surface area (Å²) >= 11 is 0. The molecule has 1 aliphatic heterocycles. The lowest BCUT2D eigenvalue weighted by molar-refractivity contribution is 0.226. The van der Waals surface area contributed by atoms with Gasteiger partial charge in [0.2, 0.25) is 0 Å². The molecule has 1 spiro atoms. The van der Waals surface area contributed by atoms with E-state index in [1.54, 1.807) is 0 Å². The van der Waals surface area contributed by atoms with Gasteiger partial charge < -0.3 is 10.6 Å². The fraction of sp³-hybridized carbons (Fsp3) is 0.733. The molecule has 0 bridgehead atoms. The average molecular weight is 260 g/mol. The Labute approximate surface area is 115 Å². The summed E-state index contributed by atoms with van der Waals surface area (Å²) in [6, 6.07) is 1.92. The van der Waals surface area contributed by atoms with Crippen LogP contribution in [0.25, 0.3) is 0 Å². The van der Waals surface area contributed by atoms with E-state index in [0.29, 0.717) is 11.2 Å². The van der Waals surface area contributed by atoms with Crippen molar-refractivity contribution in [3.05, 3.63) is 11.9 Å². The van der Waals surface area contributed by atoms with E-state index in [9.17, 15) is 0 Å². The lowest BCUT2D eigenvalue weighted by atomic mass is 9.77. The van der Waals surface area contributed by atoms with Crippen LogP contribution in [0.3, 0.4) is 0 Å². The van der Waals surface area contributed by atoms with Crippen LogP contribution in [0.2, 0.25) is 0 Å². The van der Waals surface area contributed by atoms with Crippen molar-refractivity contribution < 1.29 is 0 Å². The Morgan fingerprint density at radius 2 is 1.84 bits per heavy atom. The number of nitrogens with zero attached hydrogens (tertiary/aromatic N) is 3. The smallest absolute Gasteiger partial charge is 0.134 e. The lowest BCUT2D eigenvalue weighted by Gasteiger charge is -2.40. The predicted molar refractivity (Wildman–Crippen MR) is 78.2 cm³/mol. The first-order valence-corrected chi connectivity index (χ1v) is 7.59. The minimum Gasteiger partial charge on any atom is -0.384 e. The first-order valence-electron chi connectivity index (χ1n) is 7.59. The molecule has 2 aliphatic rings. The van der Waals surface area contributed by atoms with Crippen LogP contribution in [0.1, 0.15) is 51.3 Å². The zero-order valence-electron chi connectivity index (χ0n) is 11.9. The summed E-state index contributed by atoms with van der Waals surface area (Å²) in [5.41, 5.74) is 6.53. The van der Waals surface area contributed by atoms with Crippen LogP contribution in [0.15, 0.2) is 6.07 Å². The highest BCUT2D eigenvalue weighted by molar-refractivity contribution is 5.47. The molecule has 2 N–H and O–H groups in total. The van der Waals surface area contributed by atoms with Gasteiger partial charge in [0, 0.05) is 25.6 Å². The van der Waals surface area contributed by atoms with E-state index in [-0.39, 0.29) is 0 Å². The zero-order valence-corrected chi connectivity index (χ0v) is 11.9. The van der Waals surface area contributed by atoms with Gasteiger partial charge >= 0.3 is 0 Å². The van der Waals surface area contributed by atoms with Crippen molar-refractivity contribution in [2.45, 2.75) is 51.9 Å². The fourth-order valence-electron chi connectivity index (χ4n) is 3.66. The van der Waals surface area contributed by atoms with Gasteiger partial charge in [-0.25, -0.2) is 9.97 Å². The quantitative estimate of drug-likeness (QED) is 0.888. The van der Waals surface area contributed by atoms with E-state index < -0.39 is 0 Å². The Bertz CT molecular complexity index is 441. The molecular formula is C15H24N4. The van der Waals surface area contributed by atoms with E-state index in [4.69, 9.17) is 5.73 Å². The number of hydrogen-bond acceptors (Lipinski definition) is 4. The second kappa shape index (κ2) is 4.99. The summed E-state index contributed by atoms with van der Waals surface area (Å²) in [5.74, 6) is 2.48. The lowest BCUT2D eigenvalue weighted by Crippen LogP contribution is -2.39. The SMILES string of the molecule is CCc1nc(N)cc(N2CCC3(CCCC3)CC2)n1. The zero-order chi connectivity index (χ0) is 13.3. The molecule has 1 aliphatic carbocycles. The molecule has 0 atom stereocenters. The van der Waals surface area contributed by atoms with Gasteiger partial charge in [-0.3, -0.25) is 0 Å². The number of hydrogen-bond donors (Lipinski definition) is 1. The van der Waals surface area contributed by atoms with Crippen LogP contribution in [0.4, 0.5) is 11.6 Å². The molecule has 2 fully saturated rings. The maximum absolute atomic E-state index is 5.88. The molecule has 0 aromatic carbocycles. The minimum atomic E-state index is 0.600. The molecule has 1 saturated heterocycles. The Kier molecular flexibility index (Phi) is 3.33. The highest BCUT2D eigenvalue weighted by Crippen LogP contribution is 2.46. The summed E-state index contributed by atoms with van der Waals surface area (Å²) in [6.45, 7) is 4.32. The van der Waals surface area contributed by atoms with Gasteiger partial charge in [0.25, 0.3) is 0 Å². The van der Waals surface area contributed by atoms with Crippen LogP contribution in [-0.4, -0.2) is 23.1 Å². The Morgan fingerprint density at radius 3 is 2.47 bits per heavy atom. The number of aryl methyl sites for hydroxylation is 1. The van der Waals surface area contributed by atoms with Crippen LogP contribution < -0.4 is 10.6 Å². The Morgan fingerprint density at radius 1 is 1.16 bits per heavy atom. The predicted octanol–water partition coefficient (Wildman–Crippen LogP) is 2.78. The molecule has 104 valence electrons. The highest BCUT2D eigenvalue weighted by atomic mass is 15.2. The van der Waals surface area contributed by atoms with Crippen LogP contribution in [0, 0.1) is 5.41 Å². The van der Waals surface area contributed by atoms with Crippen molar-refractivity contribution >= 4 is 11.6 Å². The third-order valence-electron chi connectivity index (χ3n) is 4.91. The van der Waals surface area contributed by atoms with Gasteiger partial charge in [0.15, 0.2) is 0 Å². The van der Waals surface area contributed by atoms with Crippen molar-refractivity contribution in [1.82, 2.24) is 9.97 Å². The summed E-state index contributed by atoms with van der Waals surface area (Å²) in [7, 11) is 0. The molecule has 4 heteroatoms. The number of aromatic nitrogens is 2. The molecule has 1 aromatic rings. The maximum atomic E-state index is 5.88. The summed E-state index contributed by atoms with van der Waals surface area (Å²) < 4.78 is 0. The molecule has 0 radical (unpaired) electrons. The molecule has 1 saturated carbocycles. The maximum Gasteiger partial charge on any atom is 0.134 e. The standard InChI is InChI=1S/C15H24N4/c1-2-13-17-12(16)11-14(18-13)19-9-7-15(8-10-19)5-3-4-6-15/h11H,2-10H2,1H3,(H2,16,17,18). The minimum absolute atomic E-state index is 0.600. The van der Waals surface area contributed by atoms with Crippen LogP contribution in [-0.2, 0) is 6.42 Å². The molecule has 0 amide bonds. The second-order valence-corrected chi connectivity index (χ2v) is 6.11. The van der Waals surface area contributed by atoms with Gasteiger partial charge in [-0.15, -0.1) is 0 Å². The van der Waals surface area contributed by atoms with Crippen molar-refractivity contribution in [1.29, 1.82) is 0 Å². The first kappa shape index (κ1) is 12.7. The van der Waals surface area contributed by atoms with Gasteiger partial charge in [0.1, 0.15) is 17.5 Å². The van der Waals surface area contributed by atoms with Gasteiger partial charge in [0.05, 0.1) is 0 Å². The van der Waals surface area contributed by atoms with Gasteiger partial charge in [-0.05, 0) is 31.1 Å². The van der Waals surface area contributed by atoms with E-state index in [1.165, 1.54) is 38.5 Å². The average Bonchev–Trinajstić information content (AvgIpc) is 2.87. The normalized spacial score (nSPS) is 22.1. The van der Waals surface area contributed by atoms with E-state index in [1.807, 2.05) is 6.07 Å². The van der Waals surface area contributed by atoms with Crippen molar-refractivity contribution in [3.8, 4) is 0 Å². The van der Waals surface area contributed by atoms with Crippen LogP contribution >= 0.6 is 0 Å². The largest absolute Gasteiger partial charge is 0.384 e. The van der Waals surface area contributed by atoms with E-state index in [2.05, 4.69) is 21.8 Å². The number of nitrogens with two attached hydrogens (primary N) is 1. The topological polar surface area (TPSA) is 55.0 Å². The van der Waals surface area contributed by atoms with Crippen LogP contribution in [0.5, 0.6) is 0 Å². The second-order valence-electron chi connectivity index (χ2n) is 6.11. The highest BCUT2D eigenvalue weighted by Gasteiger charge is 2.37. The van der Waals surface area contributed by atoms with Crippen molar-refractivity contribution in [2.75, 3.05) is 23.7 Å². The van der Waals surface area contributed by atoms with E-state index >= 15 is 0 Å². The fourth-order valence-corrected chi connectivity index (χ4v) is 3.66. The van der Waals surface area contributed by atoms with Gasteiger partial charge in [-0.1, -0.05) is 19.8 Å². The third-order valence-corrected chi connectivity index (χ3v) is 4.91. The first-order chi connectivity index (χ1) is 9.21. The molecule has 2 heterocycles. The Hall–Kier alpha value is -1.32. The number of rotatable bonds is 2. The van der Waals surface area contributed by atoms with Crippen molar-refractivity contribution in [3.63, 3.8) is 0 Å². The summed E-state index contributed by atoms with van der Waals surface area (Å²) in [6.07, 6.45) is 9.22. The Balaban J connectivity index is 1.72. The van der Waals surface area contributed by atoms with Gasteiger partial charge in [-0.2, -0.15) is 0 Å². The summed E-state index contributed by atoms with van der Waals surface area (Å²) in [5, 5.41) is 0. The number of anilines is 2. The summed E-state index contributed by atoms with van der Waals surface area (Å²) in [4.78, 5) is 11.3. The van der Waals surface area contributed by atoms with E-state index in [0.717, 1.165) is 31.2 Å². The third kappa shape index (κ3) is 2.53. The molecule has 3 rings (SSSR count). The van der Waals surface area contributed by atoms with Crippen molar-refractivity contribution in [2.24, 2.45) is 5.41 Å². The molecule has 0 unspecified atom stereocenters. The molecule has 19 heavy (non-hydrogen) atoms. The molecule has 1 aromatic heterocycles. The number of nitrogen functional groups attached to an aromatic ring is 1. The molecular weight excluding hydrogens is 236 g/mol.